The van der Waals surface area contributed by atoms with E-state index in [2.05, 4.69) is 0 Å². The molecule has 0 aromatic rings. The van der Waals surface area contributed by atoms with Gasteiger partial charge in [-0.15, -0.1) is 0 Å². The van der Waals surface area contributed by atoms with Crippen molar-refractivity contribution >= 4 is 5.91 Å². The first-order valence-electron chi connectivity index (χ1n) is 6.36. The third-order valence-corrected chi connectivity index (χ3v) is 2.85. The Kier molecular flexibility index (Phi) is 8.15. The molecule has 18 heavy (non-hydrogen) atoms. The predicted octanol–water partition coefficient (Wildman–Crippen LogP) is 0.871. The Bertz CT molecular complexity index is 239. The first-order chi connectivity index (χ1) is 8.34. The van der Waals surface area contributed by atoms with Gasteiger partial charge in [0, 0.05) is 33.9 Å². The fraction of sp³-hybridized carbons (Fsp3) is 0.923. The summed E-state index contributed by atoms with van der Waals surface area (Å²) in [5, 5.41) is 0. The minimum atomic E-state index is -0.489. The minimum absolute atomic E-state index is 0.0179. The summed E-state index contributed by atoms with van der Waals surface area (Å²) in [4.78, 5) is 14.1. The standard InChI is InChI=1S/C13H28N2O3/c1-13(2,3)11(14)12(16)15(8-10-18-5)7-6-9-17-4/h11H,6-10,14H2,1-5H3. The average molecular weight is 260 g/mol. The molecule has 0 aliphatic carbocycles. The fourth-order valence-corrected chi connectivity index (χ4v) is 1.50. The summed E-state index contributed by atoms with van der Waals surface area (Å²) >= 11 is 0. The third kappa shape index (κ3) is 6.33. The Morgan fingerprint density at radius 3 is 2.17 bits per heavy atom. The molecule has 0 rings (SSSR count). The van der Waals surface area contributed by atoms with Crippen LogP contribution in [0.5, 0.6) is 0 Å². The van der Waals surface area contributed by atoms with Gasteiger partial charge >= 0.3 is 0 Å². The lowest BCUT2D eigenvalue weighted by molar-refractivity contribution is -0.135. The predicted molar refractivity (Wildman–Crippen MR) is 72.4 cm³/mol. The van der Waals surface area contributed by atoms with Crippen LogP contribution in [-0.2, 0) is 14.3 Å². The summed E-state index contributed by atoms with van der Waals surface area (Å²) in [5.74, 6) is -0.0179. The van der Waals surface area contributed by atoms with Gasteiger partial charge in [-0.05, 0) is 11.8 Å². The van der Waals surface area contributed by atoms with Crippen molar-refractivity contribution in [1.29, 1.82) is 0 Å². The Hall–Kier alpha value is -0.650. The van der Waals surface area contributed by atoms with Gasteiger partial charge in [0.1, 0.15) is 0 Å². The summed E-state index contributed by atoms with van der Waals surface area (Å²) in [7, 11) is 3.28. The minimum Gasteiger partial charge on any atom is -0.385 e. The van der Waals surface area contributed by atoms with Crippen molar-refractivity contribution in [2.75, 3.05) is 40.5 Å². The summed E-state index contributed by atoms with van der Waals surface area (Å²) in [6, 6.07) is -0.489. The van der Waals surface area contributed by atoms with E-state index >= 15 is 0 Å². The summed E-state index contributed by atoms with van der Waals surface area (Å²) in [6.45, 7) is 8.30. The summed E-state index contributed by atoms with van der Waals surface area (Å²) < 4.78 is 10.0. The molecule has 0 aliphatic heterocycles. The van der Waals surface area contributed by atoms with E-state index in [1.807, 2.05) is 20.8 Å². The molecule has 5 heteroatoms. The number of amides is 1. The zero-order chi connectivity index (χ0) is 14.2. The molecule has 0 aliphatic rings. The van der Waals surface area contributed by atoms with Gasteiger partial charge < -0.3 is 20.1 Å². The second-order valence-corrected chi connectivity index (χ2v) is 5.51. The molecule has 108 valence electrons. The van der Waals surface area contributed by atoms with Crippen LogP contribution < -0.4 is 5.73 Å². The van der Waals surface area contributed by atoms with E-state index in [0.29, 0.717) is 26.3 Å². The first-order valence-corrected chi connectivity index (χ1v) is 6.36. The van der Waals surface area contributed by atoms with Crippen LogP contribution in [0.1, 0.15) is 27.2 Å². The van der Waals surface area contributed by atoms with Gasteiger partial charge in [0.15, 0.2) is 0 Å². The molecule has 0 saturated heterocycles. The largest absolute Gasteiger partial charge is 0.385 e. The highest BCUT2D eigenvalue weighted by Gasteiger charge is 2.30. The number of carbonyl (C=O) groups is 1. The first kappa shape index (κ1) is 17.4. The molecule has 2 N–H and O–H groups in total. The molecule has 0 aromatic heterocycles. The summed E-state index contributed by atoms with van der Waals surface area (Å²) in [5.41, 5.74) is 5.78. The Labute approximate surface area is 111 Å². The van der Waals surface area contributed by atoms with Crippen LogP contribution in [0, 0.1) is 5.41 Å². The maximum Gasteiger partial charge on any atom is 0.240 e. The number of nitrogens with zero attached hydrogens (tertiary/aromatic N) is 1. The molecule has 0 bridgehead atoms. The zero-order valence-corrected chi connectivity index (χ0v) is 12.4. The van der Waals surface area contributed by atoms with E-state index in [0.717, 1.165) is 6.42 Å². The number of hydrogen-bond acceptors (Lipinski definition) is 4. The van der Waals surface area contributed by atoms with E-state index in [1.165, 1.54) is 0 Å². The van der Waals surface area contributed by atoms with Crippen molar-refractivity contribution in [2.45, 2.75) is 33.2 Å². The highest BCUT2D eigenvalue weighted by molar-refractivity contribution is 5.82. The van der Waals surface area contributed by atoms with E-state index < -0.39 is 6.04 Å². The van der Waals surface area contributed by atoms with Crippen LogP contribution in [0.25, 0.3) is 0 Å². The van der Waals surface area contributed by atoms with Gasteiger partial charge in [-0.1, -0.05) is 20.8 Å². The number of carbonyl (C=O) groups excluding carboxylic acids is 1. The lowest BCUT2D eigenvalue weighted by atomic mass is 9.86. The second kappa shape index (κ2) is 8.45. The van der Waals surface area contributed by atoms with Crippen molar-refractivity contribution in [1.82, 2.24) is 4.90 Å². The zero-order valence-electron chi connectivity index (χ0n) is 12.4. The number of methoxy groups -OCH3 is 2. The van der Waals surface area contributed by atoms with Crippen LogP contribution in [0.15, 0.2) is 0 Å². The fourth-order valence-electron chi connectivity index (χ4n) is 1.50. The maximum absolute atomic E-state index is 12.3. The van der Waals surface area contributed by atoms with Crippen LogP contribution in [-0.4, -0.2) is 57.4 Å². The van der Waals surface area contributed by atoms with Crippen LogP contribution in [0.4, 0.5) is 0 Å². The lowest BCUT2D eigenvalue weighted by Gasteiger charge is -2.32. The quantitative estimate of drug-likeness (QED) is 0.658. The van der Waals surface area contributed by atoms with E-state index in [4.69, 9.17) is 15.2 Å². The van der Waals surface area contributed by atoms with Crippen LogP contribution in [0.3, 0.4) is 0 Å². The van der Waals surface area contributed by atoms with Crippen molar-refractivity contribution in [2.24, 2.45) is 11.1 Å². The molecule has 0 heterocycles. The van der Waals surface area contributed by atoms with Gasteiger partial charge in [0.05, 0.1) is 12.6 Å². The molecule has 1 unspecified atom stereocenters. The van der Waals surface area contributed by atoms with Crippen LogP contribution >= 0.6 is 0 Å². The van der Waals surface area contributed by atoms with E-state index in [9.17, 15) is 4.79 Å². The van der Waals surface area contributed by atoms with Gasteiger partial charge in [-0.2, -0.15) is 0 Å². The lowest BCUT2D eigenvalue weighted by Crippen LogP contribution is -2.51. The van der Waals surface area contributed by atoms with Crippen molar-refractivity contribution in [3.05, 3.63) is 0 Å². The van der Waals surface area contributed by atoms with Crippen molar-refractivity contribution < 1.29 is 14.3 Å². The average Bonchev–Trinajstić information content (AvgIpc) is 2.30. The monoisotopic (exact) mass is 260 g/mol. The number of nitrogens with two attached hydrogens (primary N) is 1. The normalized spacial score (nSPS) is 13.4. The van der Waals surface area contributed by atoms with E-state index in [1.54, 1.807) is 19.1 Å². The smallest absolute Gasteiger partial charge is 0.240 e. The highest BCUT2D eigenvalue weighted by atomic mass is 16.5. The van der Waals surface area contributed by atoms with Crippen molar-refractivity contribution in [3.8, 4) is 0 Å². The number of ether oxygens (including phenoxy) is 2. The molecular weight excluding hydrogens is 232 g/mol. The molecule has 1 amide bonds. The Morgan fingerprint density at radius 1 is 1.17 bits per heavy atom. The Morgan fingerprint density at radius 2 is 1.72 bits per heavy atom. The SMILES string of the molecule is COCCCN(CCOC)C(=O)C(N)C(C)(C)C. The second-order valence-electron chi connectivity index (χ2n) is 5.51. The van der Waals surface area contributed by atoms with Gasteiger partial charge in [0.25, 0.3) is 0 Å². The van der Waals surface area contributed by atoms with Gasteiger partial charge in [0.2, 0.25) is 5.91 Å². The number of rotatable bonds is 8. The summed E-state index contributed by atoms with van der Waals surface area (Å²) in [6.07, 6.45) is 0.808. The molecule has 0 fully saturated rings. The Balaban J connectivity index is 4.47. The maximum atomic E-state index is 12.3. The molecule has 0 radical (unpaired) electrons. The molecule has 0 saturated carbocycles. The highest BCUT2D eigenvalue weighted by Crippen LogP contribution is 2.19. The van der Waals surface area contributed by atoms with Gasteiger partial charge in [-0.25, -0.2) is 0 Å². The molecule has 0 spiro atoms. The third-order valence-electron chi connectivity index (χ3n) is 2.85. The molecular formula is C13H28N2O3. The topological polar surface area (TPSA) is 64.8 Å². The number of hydrogen-bond donors (Lipinski definition) is 1. The van der Waals surface area contributed by atoms with Crippen molar-refractivity contribution in [3.63, 3.8) is 0 Å². The molecule has 0 aromatic carbocycles. The van der Waals surface area contributed by atoms with Gasteiger partial charge in [-0.3, -0.25) is 4.79 Å². The van der Waals surface area contributed by atoms with Crippen LogP contribution in [0.2, 0.25) is 0 Å². The molecule has 1 atom stereocenters. The van der Waals surface area contributed by atoms with E-state index in [-0.39, 0.29) is 11.3 Å². The molecule has 5 nitrogen and oxygen atoms in total.